The number of carbonyl (C=O) groups excluding carboxylic acids is 11. The van der Waals surface area contributed by atoms with E-state index in [0.717, 1.165) is 103 Å². The van der Waals surface area contributed by atoms with Gasteiger partial charge in [-0.05, 0) is 77.6 Å². The monoisotopic (exact) mass is 1830 g/mol. The first-order valence-corrected chi connectivity index (χ1v) is 45.9. The van der Waals surface area contributed by atoms with Crippen molar-refractivity contribution in [1.82, 2.24) is 53.2 Å². The van der Waals surface area contributed by atoms with Gasteiger partial charge in [-0.2, -0.15) is 0 Å². The lowest BCUT2D eigenvalue weighted by Gasteiger charge is -2.18. The molecule has 41 heteroatoms. The third-order valence-electron chi connectivity index (χ3n) is 20.0. The Morgan fingerprint density at radius 2 is 0.406 bits per heavy atom. The fourth-order valence-corrected chi connectivity index (χ4v) is 12.8. The van der Waals surface area contributed by atoms with E-state index in [1.54, 1.807) is 0 Å². The minimum atomic E-state index is -1.47. The van der Waals surface area contributed by atoms with Crippen molar-refractivity contribution in [1.29, 1.82) is 0 Å². The minimum Gasteiger partial charge on any atom is -0.481 e. The zero-order valence-corrected chi connectivity index (χ0v) is 75.5. The normalized spacial score (nSPS) is 12.3. The molecule has 0 aromatic rings. The Morgan fingerprint density at radius 1 is 0.195 bits per heavy atom. The molecule has 0 heterocycles. The molecule has 41 nitrogen and oxygen atoms in total. The van der Waals surface area contributed by atoms with Crippen LogP contribution in [0.1, 0.15) is 283 Å². The topological polar surface area (TPSA) is 606 Å². The summed E-state index contributed by atoms with van der Waals surface area (Å²) >= 11 is 0. The first kappa shape index (κ1) is 119. The Kier molecular flexibility index (Phi) is 77.5. The van der Waals surface area contributed by atoms with Crippen LogP contribution >= 0.6 is 0 Å². The first-order chi connectivity index (χ1) is 61.6. The number of aliphatic carboxylic acids is 6. The van der Waals surface area contributed by atoms with Crippen LogP contribution in [0.3, 0.4) is 0 Å². The standard InChI is InChI=1S/C87H152N10O31/c1-66(98)67(93-77(104)44-40-71(87(119)120)97-81(108)65-128-61-57-124-53-49-92-79(106)63-126-59-55-122-51-47-90-74(101)43-38-69(85(115)116)95-76(103)34-27-23-19-15-11-7-3-5-9-13-17-21-25-29-36-83(111)112)32-30-31-45-88-72(99)41-39-70(86(117)118)96-80(107)64-127-60-56-123-52-48-91-78(105)62-125-58-54-121-50-46-89-73(100)42-37-68(84(113)114)94-75(102)33-26-22-18-14-10-6-2-4-8-12-16-20-24-28-35-82(109)110/h67-71H,2-65H2,1H3,(H,88,99)(H,89,100)(H,90,101)(H,91,105)(H,92,106)(H,93,104)(H,94,102)(H,95,103)(H,96,107)(H,97,108)(H,109,110)(H,111,112)(H,113,114)(H,115,116)(H,117,118)(H,119,120)/t67-,68-,69-,70-,71-/m0/s1. The molecule has 0 spiro atoms. The quantitative estimate of drug-likeness (QED) is 0.0356. The number of amides is 10. The summed E-state index contributed by atoms with van der Waals surface area (Å²) in [4.78, 5) is 205. The molecule has 0 aliphatic heterocycles. The summed E-state index contributed by atoms with van der Waals surface area (Å²) in [5.41, 5.74) is 0. The highest BCUT2D eigenvalue weighted by molar-refractivity contribution is 5.89. The van der Waals surface area contributed by atoms with Crippen molar-refractivity contribution >= 4 is 101 Å². The Bertz CT molecular complexity index is 3120. The van der Waals surface area contributed by atoms with Crippen LogP contribution in [0.4, 0.5) is 0 Å². The average molecular weight is 1830 g/mol. The van der Waals surface area contributed by atoms with Gasteiger partial charge in [-0.25, -0.2) is 19.2 Å². The first-order valence-electron chi connectivity index (χ1n) is 45.9. The summed E-state index contributed by atoms with van der Waals surface area (Å²) in [5.74, 6) is -12.2. The molecule has 0 bridgehead atoms. The maximum absolute atomic E-state index is 12.8. The summed E-state index contributed by atoms with van der Waals surface area (Å²) in [6.45, 7) is 1.14. The second-order valence-electron chi connectivity index (χ2n) is 31.3. The molecule has 5 atom stereocenters. The molecule has 16 N–H and O–H groups in total. The average Bonchev–Trinajstić information content (AvgIpc) is 0.895. The van der Waals surface area contributed by atoms with Gasteiger partial charge in [0, 0.05) is 84.1 Å². The smallest absolute Gasteiger partial charge is 0.326 e. The third-order valence-corrected chi connectivity index (χ3v) is 20.0. The zero-order chi connectivity index (χ0) is 94.7. The third kappa shape index (κ3) is 79.1. The van der Waals surface area contributed by atoms with Crippen molar-refractivity contribution in [3.05, 3.63) is 0 Å². The van der Waals surface area contributed by atoms with Crippen molar-refractivity contribution in [2.24, 2.45) is 0 Å². The fraction of sp³-hybridized carbons (Fsp3) is 0.805. The lowest BCUT2D eigenvalue weighted by atomic mass is 10.0. The maximum atomic E-state index is 12.8. The minimum absolute atomic E-state index is 0.0231. The molecule has 0 saturated heterocycles. The molecule has 0 fully saturated rings. The highest BCUT2D eigenvalue weighted by Crippen LogP contribution is 2.17. The van der Waals surface area contributed by atoms with Gasteiger partial charge in [0.05, 0.1) is 85.3 Å². The summed E-state index contributed by atoms with van der Waals surface area (Å²) in [5, 5.41) is 81.2. The highest BCUT2D eigenvalue weighted by Gasteiger charge is 2.27. The number of carboxylic acids is 6. The van der Waals surface area contributed by atoms with Crippen LogP contribution in [0.2, 0.25) is 0 Å². The van der Waals surface area contributed by atoms with E-state index in [-0.39, 0.29) is 226 Å². The Hall–Kier alpha value is -9.13. The van der Waals surface area contributed by atoms with Gasteiger partial charge in [-0.1, -0.05) is 154 Å². The predicted molar refractivity (Wildman–Crippen MR) is 466 cm³/mol. The van der Waals surface area contributed by atoms with Crippen LogP contribution in [-0.2, 0) is 119 Å². The molecule has 736 valence electrons. The van der Waals surface area contributed by atoms with Crippen LogP contribution in [-0.4, -0.2) is 300 Å². The Balaban J connectivity index is 4.07. The van der Waals surface area contributed by atoms with Gasteiger partial charge < -0.3 is 122 Å². The second-order valence-corrected chi connectivity index (χ2v) is 31.3. The number of ether oxygens (including phenoxy) is 8. The fourth-order valence-electron chi connectivity index (χ4n) is 12.8. The molecule has 0 aromatic heterocycles. The molecule has 10 amide bonds. The number of hydrogen-bond donors (Lipinski definition) is 16. The summed E-state index contributed by atoms with van der Waals surface area (Å²) < 4.78 is 42.7. The van der Waals surface area contributed by atoms with Crippen molar-refractivity contribution < 1.29 is 150 Å². The van der Waals surface area contributed by atoms with Gasteiger partial charge >= 0.3 is 35.8 Å². The van der Waals surface area contributed by atoms with E-state index in [9.17, 15) is 102 Å². The van der Waals surface area contributed by atoms with Crippen molar-refractivity contribution in [2.75, 3.05) is 138 Å². The highest BCUT2D eigenvalue weighted by atomic mass is 16.5. The van der Waals surface area contributed by atoms with Gasteiger partial charge in [0.15, 0.2) is 5.78 Å². The van der Waals surface area contributed by atoms with Crippen molar-refractivity contribution in [2.45, 2.75) is 313 Å². The number of nitrogens with one attached hydrogen (secondary N) is 10. The van der Waals surface area contributed by atoms with E-state index >= 15 is 0 Å². The molecule has 0 aliphatic rings. The molecular weight excluding hydrogens is 1680 g/mol. The lowest BCUT2D eigenvalue weighted by Crippen LogP contribution is -2.44. The van der Waals surface area contributed by atoms with Crippen LogP contribution < -0.4 is 53.2 Å². The van der Waals surface area contributed by atoms with Gasteiger partial charge in [-0.15, -0.1) is 0 Å². The number of rotatable bonds is 93. The summed E-state index contributed by atoms with van der Waals surface area (Å²) in [6, 6.07) is -6.21. The Morgan fingerprint density at radius 3 is 0.672 bits per heavy atom. The molecule has 0 aromatic carbocycles. The van der Waals surface area contributed by atoms with Crippen LogP contribution in [0.25, 0.3) is 0 Å². The van der Waals surface area contributed by atoms with Crippen molar-refractivity contribution in [3.8, 4) is 0 Å². The molecule has 0 unspecified atom stereocenters. The van der Waals surface area contributed by atoms with E-state index in [4.69, 9.17) is 48.1 Å². The summed E-state index contributed by atoms with van der Waals surface area (Å²) in [6.07, 6.45) is 29.5. The molecule has 0 aliphatic carbocycles. The number of ketones is 1. The van der Waals surface area contributed by atoms with Gasteiger partial charge in [0.1, 0.15) is 50.6 Å². The van der Waals surface area contributed by atoms with Gasteiger partial charge in [0.2, 0.25) is 59.1 Å². The van der Waals surface area contributed by atoms with Crippen LogP contribution in [0.15, 0.2) is 0 Å². The molecular formula is C87H152N10O31. The number of carboxylic acid groups (broad SMARTS) is 6. The van der Waals surface area contributed by atoms with E-state index in [1.165, 1.54) is 71.1 Å². The molecule has 0 radical (unpaired) electrons. The summed E-state index contributed by atoms with van der Waals surface area (Å²) in [7, 11) is 0. The van der Waals surface area contributed by atoms with E-state index in [0.29, 0.717) is 25.7 Å². The van der Waals surface area contributed by atoms with E-state index in [1.807, 2.05) is 0 Å². The predicted octanol–water partition coefficient (Wildman–Crippen LogP) is 5.00. The van der Waals surface area contributed by atoms with Gasteiger partial charge in [0.25, 0.3) is 0 Å². The van der Waals surface area contributed by atoms with E-state index < -0.39 is 126 Å². The van der Waals surface area contributed by atoms with Crippen LogP contribution in [0, 0.1) is 0 Å². The number of unbranched alkanes of at least 4 members (excludes halogenated alkanes) is 27. The molecule has 0 rings (SSSR count). The number of carbonyl (C=O) groups is 17. The maximum Gasteiger partial charge on any atom is 0.326 e. The molecule has 0 saturated carbocycles. The van der Waals surface area contributed by atoms with Crippen molar-refractivity contribution in [3.63, 3.8) is 0 Å². The Labute approximate surface area is 752 Å². The SMILES string of the molecule is CC(=O)[C@H](CCCCNC(=O)CC[C@H](NC(=O)COCCOCCNC(=O)COCCOCCNC(=O)CC[C@H](NC(=O)CCCCCCCCCCCCCCCCC(=O)O)C(=O)O)C(=O)O)NC(=O)CC[C@H](NC(=O)COCCOCCNC(=O)COCCOCCNC(=O)CC[C@H](NC(=O)CCCCCCCCCCCCCCCCC(=O)O)C(=O)O)C(=O)O. The molecule has 128 heavy (non-hydrogen) atoms. The van der Waals surface area contributed by atoms with Gasteiger partial charge in [-0.3, -0.25) is 62.3 Å². The van der Waals surface area contributed by atoms with E-state index in [2.05, 4.69) is 53.2 Å². The number of Topliss-reactive ketones (excluding diaryl/α,β-unsaturated/α-hetero) is 1. The number of hydrogen-bond acceptors (Lipinski definition) is 25. The van der Waals surface area contributed by atoms with Crippen LogP contribution in [0.5, 0.6) is 0 Å². The zero-order valence-electron chi connectivity index (χ0n) is 75.5. The second kappa shape index (κ2) is 83.5. The lowest BCUT2D eigenvalue weighted by molar-refractivity contribution is -0.143. The largest absolute Gasteiger partial charge is 0.481 e.